The number of nitrogens with zero attached hydrogens (tertiary/aromatic N) is 2. The van der Waals surface area contributed by atoms with Crippen molar-refractivity contribution >= 4 is 0 Å². The number of likely N-dealkylation sites (N-methyl/N-ethyl adjacent to an activating group) is 2. The van der Waals surface area contributed by atoms with Crippen molar-refractivity contribution < 1.29 is 0 Å². The van der Waals surface area contributed by atoms with E-state index in [9.17, 15) is 0 Å². The predicted octanol–water partition coefficient (Wildman–Crippen LogP) is 1.28. The van der Waals surface area contributed by atoms with Crippen molar-refractivity contribution in [1.82, 2.24) is 9.80 Å². The van der Waals surface area contributed by atoms with Gasteiger partial charge in [-0.15, -0.1) is 0 Å². The Hall–Kier alpha value is -0.0800. The van der Waals surface area contributed by atoms with Gasteiger partial charge in [-0.1, -0.05) is 20.8 Å². The third kappa shape index (κ3) is 2.20. The summed E-state index contributed by atoms with van der Waals surface area (Å²) in [5.41, 5.74) is 0. The number of hydrogen-bond acceptors (Lipinski definition) is 2. The van der Waals surface area contributed by atoms with Crippen LogP contribution in [0.4, 0.5) is 0 Å². The van der Waals surface area contributed by atoms with Gasteiger partial charge in [-0.2, -0.15) is 0 Å². The van der Waals surface area contributed by atoms with Crippen LogP contribution in [0.1, 0.15) is 20.8 Å². The Morgan fingerprint density at radius 1 is 1.33 bits per heavy atom. The maximum absolute atomic E-state index is 2.60. The van der Waals surface area contributed by atoms with Gasteiger partial charge in [0.15, 0.2) is 0 Å². The number of hydrogen-bond donors (Lipinski definition) is 0. The molecule has 2 heteroatoms. The van der Waals surface area contributed by atoms with Crippen molar-refractivity contribution in [1.29, 1.82) is 0 Å². The minimum Gasteiger partial charge on any atom is -0.304 e. The van der Waals surface area contributed by atoms with Crippen LogP contribution in [-0.2, 0) is 0 Å². The van der Waals surface area contributed by atoms with Gasteiger partial charge in [-0.05, 0) is 19.5 Å². The largest absolute Gasteiger partial charge is 0.304 e. The molecule has 0 aromatic carbocycles. The fourth-order valence-electron chi connectivity index (χ4n) is 2.02. The first-order valence-electron chi connectivity index (χ1n) is 5.07. The summed E-state index contributed by atoms with van der Waals surface area (Å²) >= 11 is 0. The van der Waals surface area contributed by atoms with Gasteiger partial charge < -0.3 is 4.90 Å². The molecular weight excluding hydrogens is 148 g/mol. The van der Waals surface area contributed by atoms with Gasteiger partial charge in [-0.25, -0.2) is 0 Å². The number of rotatable bonds is 2. The van der Waals surface area contributed by atoms with Gasteiger partial charge in [0.1, 0.15) is 0 Å². The SMILES string of the molecule is CCN1CCN(C)C[C@@H]1C(C)C. The van der Waals surface area contributed by atoms with Crippen molar-refractivity contribution in [2.24, 2.45) is 5.92 Å². The first-order chi connectivity index (χ1) is 5.65. The highest BCUT2D eigenvalue weighted by Crippen LogP contribution is 2.15. The Morgan fingerprint density at radius 3 is 2.50 bits per heavy atom. The monoisotopic (exact) mass is 170 g/mol. The molecular formula is C10H22N2. The summed E-state index contributed by atoms with van der Waals surface area (Å²) < 4.78 is 0. The Morgan fingerprint density at radius 2 is 2.00 bits per heavy atom. The third-order valence-corrected chi connectivity index (χ3v) is 2.91. The van der Waals surface area contributed by atoms with Crippen molar-refractivity contribution in [2.75, 3.05) is 33.2 Å². The van der Waals surface area contributed by atoms with Crippen LogP contribution in [0.2, 0.25) is 0 Å². The van der Waals surface area contributed by atoms with Crippen molar-refractivity contribution in [2.45, 2.75) is 26.8 Å². The third-order valence-electron chi connectivity index (χ3n) is 2.91. The van der Waals surface area contributed by atoms with Crippen molar-refractivity contribution in [3.8, 4) is 0 Å². The lowest BCUT2D eigenvalue weighted by Crippen LogP contribution is -2.53. The molecule has 0 spiro atoms. The lowest BCUT2D eigenvalue weighted by Gasteiger charge is -2.41. The summed E-state index contributed by atoms with van der Waals surface area (Å²) in [6.45, 7) is 11.8. The molecule has 1 heterocycles. The van der Waals surface area contributed by atoms with E-state index >= 15 is 0 Å². The number of piperazine rings is 1. The lowest BCUT2D eigenvalue weighted by atomic mass is 10.00. The van der Waals surface area contributed by atoms with Gasteiger partial charge in [0.25, 0.3) is 0 Å². The van der Waals surface area contributed by atoms with E-state index in [1.807, 2.05) is 0 Å². The highest BCUT2D eigenvalue weighted by molar-refractivity contribution is 4.81. The van der Waals surface area contributed by atoms with E-state index in [0.717, 1.165) is 12.0 Å². The first-order valence-corrected chi connectivity index (χ1v) is 5.07. The van der Waals surface area contributed by atoms with Crippen LogP contribution in [0, 0.1) is 5.92 Å². The summed E-state index contributed by atoms with van der Waals surface area (Å²) in [6, 6.07) is 0.772. The van der Waals surface area contributed by atoms with Gasteiger partial charge >= 0.3 is 0 Å². The zero-order valence-electron chi connectivity index (χ0n) is 8.88. The first kappa shape index (κ1) is 10.0. The molecule has 0 amide bonds. The summed E-state index contributed by atoms with van der Waals surface area (Å²) in [4.78, 5) is 5.04. The second-order valence-electron chi connectivity index (χ2n) is 4.20. The van der Waals surface area contributed by atoms with Crippen molar-refractivity contribution in [3.05, 3.63) is 0 Å². The second-order valence-corrected chi connectivity index (χ2v) is 4.20. The zero-order valence-corrected chi connectivity index (χ0v) is 8.88. The molecule has 12 heavy (non-hydrogen) atoms. The summed E-state index contributed by atoms with van der Waals surface area (Å²) in [5.74, 6) is 0.785. The average molecular weight is 170 g/mol. The maximum Gasteiger partial charge on any atom is 0.0246 e. The second kappa shape index (κ2) is 4.24. The Labute approximate surface area is 76.5 Å². The summed E-state index contributed by atoms with van der Waals surface area (Å²) in [7, 11) is 2.22. The van der Waals surface area contributed by atoms with E-state index in [-0.39, 0.29) is 0 Å². The molecule has 1 aliphatic rings. The van der Waals surface area contributed by atoms with Crippen LogP contribution in [0.3, 0.4) is 0 Å². The molecule has 0 unspecified atom stereocenters. The van der Waals surface area contributed by atoms with Gasteiger partial charge in [0.05, 0.1) is 0 Å². The summed E-state index contributed by atoms with van der Waals surface area (Å²) in [5, 5.41) is 0. The van der Waals surface area contributed by atoms with Crippen LogP contribution in [0.25, 0.3) is 0 Å². The van der Waals surface area contributed by atoms with Crippen LogP contribution >= 0.6 is 0 Å². The molecule has 1 aliphatic heterocycles. The molecule has 0 aliphatic carbocycles. The molecule has 1 atom stereocenters. The van der Waals surface area contributed by atoms with Crippen LogP contribution in [-0.4, -0.2) is 49.1 Å². The molecule has 2 nitrogen and oxygen atoms in total. The molecule has 1 saturated heterocycles. The zero-order chi connectivity index (χ0) is 9.14. The average Bonchev–Trinajstić information content (AvgIpc) is 2.04. The smallest absolute Gasteiger partial charge is 0.0246 e. The molecule has 0 saturated carbocycles. The van der Waals surface area contributed by atoms with Crippen molar-refractivity contribution in [3.63, 3.8) is 0 Å². The maximum atomic E-state index is 2.60. The Bertz CT molecular complexity index is 134. The molecule has 72 valence electrons. The summed E-state index contributed by atoms with van der Waals surface area (Å²) in [6.07, 6.45) is 0. The molecule has 0 radical (unpaired) electrons. The minimum atomic E-state index is 0.772. The molecule has 0 aromatic heterocycles. The highest BCUT2D eigenvalue weighted by Gasteiger charge is 2.25. The van der Waals surface area contributed by atoms with Gasteiger partial charge in [0.2, 0.25) is 0 Å². The highest BCUT2D eigenvalue weighted by atomic mass is 15.3. The van der Waals surface area contributed by atoms with E-state index in [1.54, 1.807) is 0 Å². The van der Waals surface area contributed by atoms with E-state index < -0.39 is 0 Å². The molecule has 1 fully saturated rings. The molecule has 0 bridgehead atoms. The van der Waals surface area contributed by atoms with Gasteiger partial charge in [0, 0.05) is 25.7 Å². The lowest BCUT2D eigenvalue weighted by molar-refractivity contribution is 0.0679. The predicted molar refractivity (Wildman–Crippen MR) is 53.4 cm³/mol. The molecule has 0 aromatic rings. The fourth-order valence-corrected chi connectivity index (χ4v) is 2.02. The van der Waals surface area contributed by atoms with E-state index in [0.29, 0.717) is 0 Å². The van der Waals surface area contributed by atoms with Gasteiger partial charge in [-0.3, -0.25) is 4.90 Å². The van der Waals surface area contributed by atoms with Crippen LogP contribution in [0.15, 0.2) is 0 Å². The van der Waals surface area contributed by atoms with E-state index in [2.05, 4.69) is 37.6 Å². The van der Waals surface area contributed by atoms with Crippen LogP contribution in [0.5, 0.6) is 0 Å². The normalized spacial score (nSPS) is 28.2. The van der Waals surface area contributed by atoms with E-state index in [1.165, 1.54) is 26.2 Å². The van der Waals surface area contributed by atoms with E-state index in [4.69, 9.17) is 0 Å². The molecule has 1 rings (SSSR count). The molecule has 0 N–H and O–H groups in total. The fraction of sp³-hybridized carbons (Fsp3) is 1.00. The Balaban J connectivity index is 2.52. The Kier molecular flexibility index (Phi) is 3.53. The van der Waals surface area contributed by atoms with Crippen LogP contribution < -0.4 is 0 Å². The quantitative estimate of drug-likeness (QED) is 0.616. The standard InChI is InChI=1S/C10H22N2/c1-5-12-7-6-11(4)8-10(12)9(2)3/h9-10H,5-8H2,1-4H3/t10-/m1/s1. The topological polar surface area (TPSA) is 6.48 Å². The minimum absolute atomic E-state index is 0.772.